The zero-order valence-corrected chi connectivity index (χ0v) is 19.0. The summed E-state index contributed by atoms with van der Waals surface area (Å²) in [5.74, 6) is 0.124. The number of rotatable bonds is 7. The molecule has 0 N–H and O–H groups in total. The van der Waals surface area contributed by atoms with Crippen LogP contribution < -0.4 is 4.57 Å². The van der Waals surface area contributed by atoms with E-state index in [2.05, 4.69) is 86.8 Å². The van der Waals surface area contributed by atoms with Crippen LogP contribution in [0.4, 0.5) is 0 Å². The van der Waals surface area contributed by atoms with Gasteiger partial charge in [-0.1, -0.05) is 78.9 Å². The molecule has 0 saturated heterocycles. The van der Waals surface area contributed by atoms with Gasteiger partial charge in [0.15, 0.2) is 17.6 Å². The highest BCUT2D eigenvalue weighted by Crippen LogP contribution is 2.29. The number of aromatic nitrogens is 3. The third-order valence-corrected chi connectivity index (χ3v) is 6.65. The second-order valence-electron chi connectivity index (χ2n) is 8.75. The molecule has 6 rings (SSSR count). The third-order valence-electron chi connectivity index (χ3n) is 6.65. The Morgan fingerprint density at radius 1 is 0.647 bits per heavy atom. The molecule has 0 saturated carbocycles. The Morgan fingerprint density at radius 2 is 1.24 bits per heavy atom. The average molecular weight is 445 g/mol. The van der Waals surface area contributed by atoms with E-state index >= 15 is 0 Å². The monoisotopic (exact) mass is 444 g/mol. The Morgan fingerprint density at radius 3 is 1.94 bits per heavy atom. The summed E-state index contributed by atoms with van der Waals surface area (Å²) in [6.45, 7) is 2.15. The molecule has 0 fully saturated rings. The van der Waals surface area contributed by atoms with Gasteiger partial charge in [-0.2, -0.15) is 0 Å². The molecular weight excluding hydrogens is 418 g/mol. The minimum Gasteiger partial charge on any atom is -0.340 e. The molecule has 0 bridgehead atoms. The van der Waals surface area contributed by atoms with Gasteiger partial charge >= 0.3 is 0 Å². The number of para-hydroxylation sites is 4. The fraction of sp³-hybridized carbons (Fsp3) is 0.133. The summed E-state index contributed by atoms with van der Waals surface area (Å²) in [6.07, 6.45) is 3.09. The number of benzene rings is 4. The lowest BCUT2D eigenvalue weighted by atomic mass is 10.1. The minimum absolute atomic E-state index is 0.124. The molecule has 2 heterocycles. The highest BCUT2D eigenvalue weighted by Gasteiger charge is 2.18. The van der Waals surface area contributed by atoms with Crippen LogP contribution in [-0.4, -0.2) is 14.9 Å². The van der Waals surface area contributed by atoms with E-state index in [0.29, 0.717) is 6.54 Å². The number of Topliss-reactive ketones (excluding diaryl/α,β-unsaturated/α-hetero) is 1. The van der Waals surface area contributed by atoms with E-state index in [4.69, 9.17) is 0 Å². The Hall–Kier alpha value is -4.18. The summed E-state index contributed by atoms with van der Waals surface area (Å²) in [7, 11) is 0. The van der Waals surface area contributed by atoms with Crippen molar-refractivity contribution in [1.82, 2.24) is 9.13 Å². The lowest BCUT2D eigenvalue weighted by Gasteiger charge is -2.06. The van der Waals surface area contributed by atoms with E-state index < -0.39 is 0 Å². The molecular formula is C30H26N3O+. The molecule has 34 heavy (non-hydrogen) atoms. The van der Waals surface area contributed by atoms with Crippen molar-refractivity contribution < 1.29 is 9.36 Å². The SMILES string of the molecule is O=C(C[n+]1cn(CCCn2c3ccccc3c3ccccc32)c2ccccc21)c1ccccc1. The quantitative estimate of drug-likeness (QED) is 0.219. The van der Waals surface area contributed by atoms with E-state index in [-0.39, 0.29) is 5.78 Å². The first-order valence-corrected chi connectivity index (χ1v) is 11.8. The van der Waals surface area contributed by atoms with Crippen molar-refractivity contribution in [2.24, 2.45) is 0 Å². The van der Waals surface area contributed by atoms with Gasteiger partial charge in [-0.3, -0.25) is 4.79 Å². The van der Waals surface area contributed by atoms with Crippen molar-refractivity contribution in [3.8, 4) is 0 Å². The number of nitrogens with zero attached hydrogens (tertiary/aromatic N) is 3. The maximum absolute atomic E-state index is 12.9. The summed E-state index contributed by atoms with van der Waals surface area (Å²) < 4.78 is 6.79. The van der Waals surface area contributed by atoms with Crippen molar-refractivity contribution in [2.75, 3.05) is 0 Å². The Kier molecular flexibility index (Phi) is 5.19. The molecule has 0 unspecified atom stereocenters. The van der Waals surface area contributed by atoms with Gasteiger partial charge in [0.2, 0.25) is 12.1 Å². The molecule has 6 aromatic rings. The zero-order chi connectivity index (χ0) is 22.9. The van der Waals surface area contributed by atoms with Crippen LogP contribution in [0.15, 0.2) is 109 Å². The van der Waals surface area contributed by atoms with Crippen molar-refractivity contribution in [3.05, 3.63) is 115 Å². The minimum atomic E-state index is 0.124. The molecule has 0 aliphatic rings. The first-order valence-electron chi connectivity index (χ1n) is 11.8. The molecule has 4 nitrogen and oxygen atoms in total. The molecule has 0 aliphatic carbocycles. The van der Waals surface area contributed by atoms with Gasteiger partial charge in [0.1, 0.15) is 0 Å². The van der Waals surface area contributed by atoms with Crippen molar-refractivity contribution in [3.63, 3.8) is 0 Å². The van der Waals surface area contributed by atoms with E-state index in [1.165, 1.54) is 21.8 Å². The topological polar surface area (TPSA) is 30.8 Å². The maximum atomic E-state index is 12.9. The van der Waals surface area contributed by atoms with E-state index in [1.807, 2.05) is 36.4 Å². The van der Waals surface area contributed by atoms with Crippen molar-refractivity contribution >= 4 is 38.6 Å². The van der Waals surface area contributed by atoms with Crippen LogP contribution in [0.1, 0.15) is 16.8 Å². The van der Waals surface area contributed by atoms with Gasteiger partial charge in [0.05, 0.1) is 6.54 Å². The molecule has 4 aromatic carbocycles. The number of carbonyl (C=O) groups is 1. The molecule has 0 atom stereocenters. The number of fused-ring (bicyclic) bond motifs is 4. The smallest absolute Gasteiger partial charge is 0.245 e. The van der Waals surface area contributed by atoms with E-state index in [9.17, 15) is 4.79 Å². The summed E-state index contributed by atoms with van der Waals surface area (Å²) in [5, 5.41) is 2.61. The first-order chi connectivity index (χ1) is 16.8. The van der Waals surface area contributed by atoms with Gasteiger partial charge in [-0.25, -0.2) is 9.13 Å². The number of imidazole rings is 1. The van der Waals surface area contributed by atoms with Gasteiger partial charge in [-0.15, -0.1) is 0 Å². The van der Waals surface area contributed by atoms with Gasteiger partial charge < -0.3 is 4.57 Å². The van der Waals surface area contributed by atoms with Crippen molar-refractivity contribution in [1.29, 1.82) is 0 Å². The molecule has 2 aromatic heterocycles. The largest absolute Gasteiger partial charge is 0.340 e. The number of hydrogen-bond acceptors (Lipinski definition) is 1. The van der Waals surface area contributed by atoms with E-state index in [0.717, 1.165) is 36.1 Å². The molecule has 4 heteroatoms. The van der Waals surface area contributed by atoms with Gasteiger partial charge in [-0.05, 0) is 24.3 Å². The fourth-order valence-electron chi connectivity index (χ4n) is 5.06. The summed E-state index contributed by atoms with van der Waals surface area (Å²) >= 11 is 0. The average Bonchev–Trinajstić information content (AvgIpc) is 3.40. The number of carbonyl (C=O) groups excluding carboxylic acids is 1. The molecule has 0 amide bonds. The van der Waals surface area contributed by atoms with Crippen LogP contribution >= 0.6 is 0 Å². The number of ketones is 1. The van der Waals surface area contributed by atoms with Crippen LogP contribution in [0, 0.1) is 0 Å². The van der Waals surface area contributed by atoms with Crippen LogP contribution in [0.3, 0.4) is 0 Å². The molecule has 166 valence electrons. The van der Waals surface area contributed by atoms with Crippen LogP contribution in [0.5, 0.6) is 0 Å². The maximum Gasteiger partial charge on any atom is 0.245 e. The molecule has 0 radical (unpaired) electrons. The zero-order valence-electron chi connectivity index (χ0n) is 19.0. The number of hydrogen-bond donors (Lipinski definition) is 0. The second-order valence-corrected chi connectivity index (χ2v) is 8.75. The summed E-state index contributed by atoms with van der Waals surface area (Å²) in [6, 6.07) is 35.2. The number of aryl methyl sites for hydroxylation is 2. The predicted octanol–water partition coefficient (Wildman–Crippen LogP) is 6.01. The van der Waals surface area contributed by atoms with E-state index in [1.54, 1.807) is 0 Å². The summed E-state index contributed by atoms with van der Waals surface area (Å²) in [4.78, 5) is 12.9. The second kappa shape index (κ2) is 8.64. The van der Waals surface area contributed by atoms with Gasteiger partial charge in [0, 0.05) is 40.3 Å². The Balaban J connectivity index is 1.27. The van der Waals surface area contributed by atoms with Crippen LogP contribution in [0.25, 0.3) is 32.8 Å². The van der Waals surface area contributed by atoms with Gasteiger partial charge in [0.25, 0.3) is 0 Å². The highest BCUT2D eigenvalue weighted by atomic mass is 16.1. The molecule has 0 spiro atoms. The van der Waals surface area contributed by atoms with Crippen molar-refractivity contribution in [2.45, 2.75) is 26.1 Å². The predicted molar refractivity (Wildman–Crippen MR) is 137 cm³/mol. The lowest BCUT2D eigenvalue weighted by molar-refractivity contribution is -0.658. The Labute approximate surface area is 198 Å². The third kappa shape index (κ3) is 3.57. The molecule has 0 aliphatic heterocycles. The lowest BCUT2D eigenvalue weighted by Crippen LogP contribution is -2.36. The van der Waals surface area contributed by atoms with Crippen LogP contribution in [-0.2, 0) is 19.6 Å². The van der Waals surface area contributed by atoms with Crippen LogP contribution in [0.2, 0.25) is 0 Å². The highest BCUT2D eigenvalue weighted by molar-refractivity contribution is 6.07. The standard InChI is InChI=1S/C30H26N3O/c34-30(23-11-2-1-3-12-23)21-32-22-31(28-17-8-9-18-29(28)32)19-10-20-33-26-15-6-4-13-24(26)25-14-5-7-16-27(25)33/h1-9,11-18,22H,10,19-21H2/q+1. The fourth-order valence-corrected chi connectivity index (χ4v) is 5.06. The Bertz CT molecular complexity index is 1570. The first kappa shape index (κ1) is 20.4. The normalized spacial score (nSPS) is 11.5. The summed E-state index contributed by atoms with van der Waals surface area (Å²) in [5.41, 5.74) is 5.56.